The van der Waals surface area contributed by atoms with Crippen LogP contribution in [0, 0.1) is 0 Å². The molecule has 3 rings (SSSR count). The van der Waals surface area contributed by atoms with Gasteiger partial charge in [0.2, 0.25) is 0 Å². The number of hydrogen-bond acceptors (Lipinski definition) is 6. The highest BCUT2D eigenvalue weighted by atomic mass is 16.5. The summed E-state index contributed by atoms with van der Waals surface area (Å²) in [5.41, 5.74) is 2.02. The molecule has 0 aliphatic carbocycles. The number of nitrogens with one attached hydrogen (secondary N) is 1. The van der Waals surface area contributed by atoms with Gasteiger partial charge in [-0.2, -0.15) is 0 Å². The van der Waals surface area contributed by atoms with Gasteiger partial charge in [-0.25, -0.2) is 9.78 Å². The minimum absolute atomic E-state index is 0.363. The Bertz CT molecular complexity index is 762. The van der Waals surface area contributed by atoms with Crippen LogP contribution in [0.3, 0.4) is 0 Å². The summed E-state index contributed by atoms with van der Waals surface area (Å²) in [6.45, 7) is 5.38. The molecule has 0 spiro atoms. The smallest absolute Gasteiger partial charge is 0.330 e. The molecule has 6 heteroatoms. The third-order valence-corrected chi connectivity index (χ3v) is 4.77. The van der Waals surface area contributed by atoms with E-state index in [1.54, 1.807) is 25.4 Å². The molecular weight excluding hydrogens is 352 g/mol. The Hall–Kier alpha value is -2.73. The van der Waals surface area contributed by atoms with E-state index in [9.17, 15) is 4.79 Å². The van der Waals surface area contributed by atoms with Crippen molar-refractivity contribution in [1.29, 1.82) is 0 Å². The zero-order valence-corrected chi connectivity index (χ0v) is 16.4. The van der Waals surface area contributed by atoms with Crippen LogP contribution in [0.5, 0.6) is 0 Å². The van der Waals surface area contributed by atoms with Gasteiger partial charge in [0.25, 0.3) is 0 Å². The van der Waals surface area contributed by atoms with E-state index in [1.165, 1.54) is 18.1 Å². The topological polar surface area (TPSA) is 67.3 Å². The number of carbonyl (C=O) groups is 1. The van der Waals surface area contributed by atoms with Gasteiger partial charge in [-0.15, -0.1) is 0 Å². The summed E-state index contributed by atoms with van der Waals surface area (Å²) < 4.78 is 4.86. The molecule has 1 N–H and O–H groups in total. The first-order chi connectivity index (χ1) is 13.7. The zero-order valence-electron chi connectivity index (χ0n) is 16.4. The number of anilines is 1. The van der Waals surface area contributed by atoms with Gasteiger partial charge in [0.1, 0.15) is 5.82 Å². The van der Waals surface area contributed by atoms with E-state index in [-0.39, 0.29) is 5.97 Å². The minimum atomic E-state index is -0.371. The molecule has 0 amide bonds. The lowest BCUT2D eigenvalue weighted by atomic mass is 10.0. The fraction of sp³-hybridized carbons (Fsp3) is 0.409. The Morgan fingerprint density at radius 2 is 2.14 bits per heavy atom. The number of piperidine rings is 1. The highest BCUT2D eigenvalue weighted by Crippen LogP contribution is 2.15. The van der Waals surface area contributed by atoms with E-state index in [2.05, 4.69) is 50.5 Å². The van der Waals surface area contributed by atoms with Gasteiger partial charge in [0.05, 0.1) is 24.7 Å². The summed E-state index contributed by atoms with van der Waals surface area (Å²) in [6, 6.07) is 11.0. The number of nitrogens with zero attached hydrogens (tertiary/aromatic N) is 3. The maximum Gasteiger partial charge on any atom is 0.330 e. The van der Waals surface area contributed by atoms with Gasteiger partial charge in [-0.1, -0.05) is 30.3 Å². The number of likely N-dealkylation sites (tertiary alicyclic amines) is 1. The molecule has 1 saturated heterocycles. The number of rotatable bonds is 8. The van der Waals surface area contributed by atoms with Gasteiger partial charge in [0, 0.05) is 25.2 Å². The van der Waals surface area contributed by atoms with Gasteiger partial charge >= 0.3 is 5.97 Å². The average Bonchev–Trinajstić information content (AvgIpc) is 2.73. The van der Waals surface area contributed by atoms with Crippen molar-refractivity contribution >= 4 is 17.9 Å². The van der Waals surface area contributed by atoms with Crippen LogP contribution in [0.15, 0.2) is 48.8 Å². The fourth-order valence-corrected chi connectivity index (χ4v) is 3.36. The number of ether oxygens (including phenoxy) is 1. The van der Waals surface area contributed by atoms with E-state index < -0.39 is 0 Å². The Balaban J connectivity index is 1.47. The van der Waals surface area contributed by atoms with Crippen LogP contribution >= 0.6 is 0 Å². The fourth-order valence-electron chi connectivity index (χ4n) is 3.36. The van der Waals surface area contributed by atoms with Crippen molar-refractivity contribution in [3.05, 3.63) is 60.1 Å². The van der Waals surface area contributed by atoms with Crippen molar-refractivity contribution in [2.75, 3.05) is 31.6 Å². The first kappa shape index (κ1) is 20.0. The molecule has 1 aliphatic heterocycles. The van der Waals surface area contributed by atoms with Crippen molar-refractivity contribution < 1.29 is 9.53 Å². The van der Waals surface area contributed by atoms with E-state index in [0.29, 0.717) is 18.3 Å². The molecule has 0 bridgehead atoms. The highest BCUT2D eigenvalue weighted by molar-refractivity contribution is 5.86. The third-order valence-electron chi connectivity index (χ3n) is 4.77. The molecule has 2 heterocycles. The average molecular weight is 380 g/mol. The second-order valence-electron chi connectivity index (χ2n) is 6.93. The first-order valence-electron chi connectivity index (χ1n) is 9.92. The number of aromatic nitrogens is 2. The molecule has 1 atom stereocenters. The van der Waals surface area contributed by atoms with Crippen LogP contribution < -0.4 is 5.32 Å². The van der Waals surface area contributed by atoms with Crippen LogP contribution in [-0.2, 0) is 16.0 Å². The first-order valence-corrected chi connectivity index (χ1v) is 9.92. The molecule has 1 fully saturated rings. The van der Waals surface area contributed by atoms with Gasteiger partial charge in [-0.05, 0) is 44.4 Å². The summed E-state index contributed by atoms with van der Waals surface area (Å²) in [4.78, 5) is 22.6. The Morgan fingerprint density at radius 3 is 2.89 bits per heavy atom. The van der Waals surface area contributed by atoms with Crippen LogP contribution in [0.25, 0.3) is 6.08 Å². The predicted molar refractivity (Wildman–Crippen MR) is 111 cm³/mol. The lowest BCUT2D eigenvalue weighted by Gasteiger charge is -2.33. The SMILES string of the molecule is CCOC(=O)/C=C/c1cnc(N[C@@H]2CCCN(CCc3ccccc3)C2)cn1. The lowest BCUT2D eigenvalue weighted by molar-refractivity contribution is -0.137. The van der Waals surface area contributed by atoms with E-state index in [1.807, 2.05) is 0 Å². The van der Waals surface area contributed by atoms with Gasteiger partial charge in [0.15, 0.2) is 0 Å². The Kier molecular flexibility index (Phi) is 7.55. The van der Waals surface area contributed by atoms with Crippen molar-refractivity contribution in [3.63, 3.8) is 0 Å². The minimum Gasteiger partial charge on any atom is -0.463 e. The van der Waals surface area contributed by atoms with Crippen molar-refractivity contribution in [3.8, 4) is 0 Å². The molecule has 1 aromatic heterocycles. The van der Waals surface area contributed by atoms with Gasteiger partial charge in [-0.3, -0.25) is 4.98 Å². The van der Waals surface area contributed by atoms with Crippen LogP contribution in [0.1, 0.15) is 31.0 Å². The van der Waals surface area contributed by atoms with Crippen LogP contribution in [0.4, 0.5) is 5.82 Å². The predicted octanol–water partition coefficient (Wildman–Crippen LogP) is 3.17. The molecule has 2 aromatic rings. The summed E-state index contributed by atoms with van der Waals surface area (Å²) in [5, 5.41) is 3.49. The number of hydrogen-bond donors (Lipinski definition) is 1. The summed E-state index contributed by atoms with van der Waals surface area (Å²) >= 11 is 0. The summed E-state index contributed by atoms with van der Waals surface area (Å²) in [7, 11) is 0. The van der Waals surface area contributed by atoms with Crippen molar-refractivity contribution in [2.45, 2.75) is 32.2 Å². The number of esters is 1. The van der Waals surface area contributed by atoms with Crippen molar-refractivity contribution in [2.24, 2.45) is 0 Å². The van der Waals surface area contributed by atoms with E-state index in [4.69, 9.17) is 4.74 Å². The largest absolute Gasteiger partial charge is 0.463 e. The third kappa shape index (κ3) is 6.46. The highest BCUT2D eigenvalue weighted by Gasteiger charge is 2.19. The summed E-state index contributed by atoms with van der Waals surface area (Å²) in [6.07, 6.45) is 9.75. The Labute approximate surface area is 166 Å². The Morgan fingerprint density at radius 1 is 1.29 bits per heavy atom. The molecular formula is C22H28N4O2. The van der Waals surface area contributed by atoms with Crippen LogP contribution in [0.2, 0.25) is 0 Å². The number of carbonyl (C=O) groups excluding carboxylic acids is 1. The van der Waals surface area contributed by atoms with Gasteiger partial charge < -0.3 is 15.0 Å². The molecule has 1 aliphatic rings. The second kappa shape index (κ2) is 10.6. The molecule has 1 aromatic carbocycles. The monoisotopic (exact) mass is 380 g/mol. The maximum atomic E-state index is 11.3. The maximum absolute atomic E-state index is 11.3. The van der Waals surface area contributed by atoms with Crippen LogP contribution in [-0.4, -0.2) is 53.1 Å². The second-order valence-corrected chi connectivity index (χ2v) is 6.93. The normalized spacial score (nSPS) is 17.5. The molecule has 0 saturated carbocycles. The molecule has 6 nitrogen and oxygen atoms in total. The molecule has 0 radical (unpaired) electrons. The molecule has 28 heavy (non-hydrogen) atoms. The number of benzene rings is 1. The summed E-state index contributed by atoms with van der Waals surface area (Å²) in [5.74, 6) is 0.396. The van der Waals surface area contributed by atoms with E-state index in [0.717, 1.165) is 38.3 Å². The van der Waals surface area contributed by atoms with Crippen molar-refractivity contribution in [1.82, 2.24) is 14.9 Å². The quantitative estimate of drug-likeness (QED) is 0.560. The zero-order chi connectivity index (χ0) is 19.6. The lowest BCUT2D eigenvalue weighted by Crippen LogP contribution is -2.43. The molecule has 148 valence electrons. The standard InChI is InChI=1S/C22H28N4O2/c1-2-28-22(27)11-10-19-15-24-21(16-23-19)25-20-9-6-13-26(17-20)14-12-18-7-4-3-5-8-18/h3-5,7-8,10-11,15-16,20H,2,6,9,12-14,17H2,1H3,(H,24,25)/b11-10+/t20-/m1/s1. The van der Waals surface area contributed by atoms with E-state index >= 15 is 0 Å². The molecule has 0 unspecified atom stereocenters.